The molecule has 2 heterocycles. The molecule has 1 aliphatic rings. The molecule has 0 radical (unpaired) electrons. The molecule has 1 aromatic carbocycles. The van der Waals surface area contributed by atoms with E-state index in [1.165, 1.54) is 36.3 Å². The number of aromatic nitrogens is 2. The van der Waals surface area contributed by atoms with Gasteiger partial charge in [0.25, 0.3) is 5.56 Å². The predicted octanol–water partition coefficient (Wildman–Crippen LogP) is 1.21. The number of urea groups is 1. The molecule has 2 aromatic rings. The fraction of sp³-hybridized carbons (Fsp3) is 0.333. The Labute approximate surface area is 154 Å². The first-order valence-electron chi connectivity index (χ1n) is 8.45. The Balaban J connectivity index is 1.74. The van der Waals surface area contributed by atoms with Crippen LogP contribution in [0.15, 0.2) is 29.1 Å². The molecule has 8 nitrogen and oxygen atoms in total. The van der Waals surface area contributed by atoms with Crippen LogP contribution in [0.3, 0.4) is 0 Å². The molecule has 0 spiro atoms. The van der Waals surface area contributed by atoms with E-state index in [0.29, 0.717) is 35.6 Å². The smallest absolute Gasteiger partial charge is 0.317 e. The highest BCUT2D eigenvalue weighted by atomic mass is 19.1. The minimum absolute atomic E-state index is 0.0826. The fourth-order valence-electron chi connectivity index (χ4n) is 2.84. The number of carbonyl (C=O) groups is 2. The van der Waals surface area contributed by atoms with Gasteiger partial charge in [-0.25, -0.2) is 14.2 Å². The van der Waals surface area contributed by atoms with Crippen LogP contribution < -0.4 is 10.9 Å². The van der Waals surface area contributed by atoms with Crippen molar-refractivity contribution in [3.05, 3.63) is 51.7 Å². The summed E-state index contributed by atoms with van der Waals surface area (Å²) in [6, 6.07) is 5.29. The van der Waals surface area contributed by atoms with Gasteiger partial charge >= 0.3 is 12.0 Å². The molecule has 9 heteroatoms. The number of H-pyrrole nitrogens is 1. The molecular formula is C18H19FN4O4. The van der Waals surface area contributed by atoms with Gasteiger partial charge in [0, 0.05) is 24.2 Å². The number of benzene rings is 1. The predicted molar refractivity (Wildman–Crippen MR) is 94.4 cm³/mol. The van der Waals surface area contributed by atoms with Crippen LogP contribution in [0.1, 0.15) is 17.7 Å². The lowest BCUT2D eigenvalue weighted by molar-refractivity contribution is -0.140. The Morgan fingerprint density at radius 2 is 2.07 bits per heavy atom. The summed E-state index contributed by atoms with van der Waals surface area (Å²) in [6.45, 7) is 0.716. The standard InChI is InChI=1S/C18H19FN4O4/c1-27-15(24)6-8-20-18(26)23-9-7-13-14(10-23)21-16(22-17(13)25)11-2-4-12(19)5-3-11/h2-5H,6-10H2,1H3,(H,20,26)(H,21,22,25). The van der Waals surface area contributed by atoms with Crippen LogP contribution in [-0.2, 0) is 22.5 Å². The summed E-state index contributed by atoms with van der Waals surface area (Å²) in [5.41, 5.74) is 1.37. The third-order valence-electron chi connectivity index (χ3n) is 4.31. The zero-order valence-electron chi connectivity index (χ0n) is 14.8. The number of hydrogen-bond acceptors (Lipinski definition) is 5. The molecule has 0 saturated carbocycles. The average Bonchev–Trinajstić information content (AvgIpc) is 2.67. The number of hydrogen-bond donors (Lipinski definition) is 2. The summed E-state index contributed by atoms with van der Waals surface area (Å²) in [4.78, 5) is 44.4. The summed E-state index contributed by atoms with van der Waals surface area (Å²) < 4.78 is 17.6. The Morgan fingerprint density at radius 3 is 2.78 bits per heavy atom. The van der Waals surface area contributed by atoms with Crippen LogP contribution in [0, 0.1) is 5.82 Å². The Hall–Kier alpha value is -3.23. The van der Waals surface area contributed by atoms with Crippen LogP contribution in [0.5, 0.6) is 0 Å². The third-order valence-corrected chi connectivity index (χ3v) is 4.31. The first-order valence-corrected chi connectivity index (χ1v) is 8.45. The van der Waals surface area contributed by atoms with Crippen molar-refractivity contribution in [1.29, 1.82) is 0 Å². The van der Waals surface area contributed by atoms with Gasteiger partial charge in [0.1, 0.15) is 11.6 Å². The number of ether oxygens (including phenoxy) is 1. The number of halogens is 1. The van der Waals surface area contributed by atoms with Gasteiger partial charge in [-0.05, 0) is 30.7 Å². The minimum atomic E-state index is -0.406. The van der Waals surface area contributed by atoms with Crippen LogP contribution in [0.2, 0.25) is 0 Å². The van der Waals surface area contributed by atoms with Crippen LogP contribution >= 0.6 is 0 Å². The number of fused-ring (bicyclic) bond motifs is 1. The second-order valence-electron chi connectivity index (χ2n) is 6.08. The number of methoxy groups -OCH3 is 1. The number of nitrogens with one attached hydrogen (secondary N) is 2. The highest BCUT2D eigenvalue weighted by molar-refractivity contribution is 5.76. The van der Waals surface area contributed by atoms with E-state index in [-0.39, 0.29) is 36.9 Å². The zero-order valence-corrected chi connectivity index (χ0v) is 14.8. The van der Waals surface area contributed by atoms with Crippen molar-refractivity contribution in [3.63, 3.8) is 0 Å². The van der Waals surface area contributed by atoms with E-state index in [1.54, 1.807) is 0 Å². The summed E-state index contributed by atoms with van der Waals surface area (Å²) in [7, 11) is 1.29. The maximum atomic E-state index is 13.1. The second kappa shape index (κ2) is 7.98. The third kappa shape index (κ3) is 4.30. The lowest BCUT2D eigenvalue weighted by Crippen LogP contribution is -2.45. The van der Waals surface area contributed by atoms with E-state index in [9.17, 15) is 18.8 Å². The Bertz CT molecular complexity index is 911. The molecular weight excluding hydrogens is 355 g/mol. The molecule has 27 heavy (non-hydrogen) atoms. The van der Waals surface area contributed by atoms with Gasteiger partial charge in [-0.2, -0.15) is 0 Å². The number of aromatic amines is 1. The molecule has 0 fully saturated rings. The topological polar surface area (TPSA) is 104 Å². The number of nitrogens with zero attached hydrogens (tertiary/aromatic N) is 2. The molecule has 2 N–H and O–H groups in total. The SMILES string of the molecule is COC(=O)CCNC(=O)N1CCc2c(nc(-c3ccc(F)cc3)[nH]c2=O)C1. The van der Waals surface area contributed by atoms with E-state index in [0.717, 1.165) is 0 Å². The number of carbonyl (C=O) groups excluding carboxylic acids is 2. The van der Waals surface area contributed by atoms with Crippen molar-refractivity contribution in [2.75, 3.05) is 20.2 Å². The van der Waals surface area contributed by atoms with Gasteiger partial charge in [0.2, 0.25) is 0 Å². The van der Waals surface area contributed by atoms with Crippen molar-refractivity contribution in [2.24, 2.45) is 0 Å². The maximum Gasteiger partial charge on any atom is 0.317 e. The van der Waals surface area contributed by atoms with E-state index < -0.39 is 5.97 Å². The molecule has 1 aromatic heterocycles. The molecule has 3 rings (SSSR count). The number of esters is 1. The monoisotopic (exact) mass is 374 g/mol. The molecule has 0 bridgehead atoms. The first kappa shape index (κ1) is 18.6. The lowest BCUT2D eigenvalue weighted by atomic mass is 10.1. The summed E-state index contributed by atoms with van der Waals surface area (Å²) in [5.74, 6) is -0.461. The average molecular weight is 374 g/mol. The largest absolute Gasteiger partial charge is 0.469 e. The van der Waals surface area contributed by atoms with Gasteiger partial charge < -0.3 is 19.9 Å². The highest BCUT2D eigenvalue weighted by Crippen LogP contribution is 2.19. The second-order valence-corrected chi connectivity index (χ2v) is 6.08. The molecule has 0 aliphatic carbocycles. The lowest BCUT2D eigenvalue weighted by Gasteiger charge is -2.28. The molecule has 1 aliphatic heterocycles. The van der Waals surface area contributed by atoms with E-state index in [4.69, 9.17) is 0 Å². The van der Waals surface area contributed by atoms with Crippen LogP contribution in [0.25, 0.3) is 11.4 Å². The first-order chi connectivity index (χ1) is 13.0. The van der Waals surface area contributed by atoms with Crippen molar-refractivity contribution in [1.82, 2.24) is 20.2 Å². The zero-order chi connectivity index (χ0) is 19.4. The fourth-order valence-corrected chi connectivity index (χ4v) is 2.84. The molecule has 0 atom stereocenters. The molecule has 142 valence electrons. The van der Waals surface area contributed by atoms with Crippen molar-refractivity contribution in [3.8, 4) is 11.4 Å². The minimum Gasteiger partial charge on any atom is -0.469 e. The van der Waals surface area contributed by atoms with E-state index >= 15 is 0 Å². The van der Waals surface area contributed by atoms with Gasteiger partial charge in [-0.1, -0.05) is 0 Å². The number of rotatable bonds is 4. The molecule has 2 amide bonds. The van der Waals surface area contributed by atoms with Crippen molar-refractivity contribution in [2.45, 2.75) is 19.4 Å². The quantitative estimate of drug-likeness (QED) is 0.783. The normalized spacial score (nSPS) is 13.0. The van der Waals surface area contributed by atoms with Gasteiger partial charge in [-0.15, -0.1) is 0 Å². The van der Waals surface area contributed by atoms with Gasteiger partial charge in [-0.3, -0.25) is 9.59 Å². The Morgan fingerprint density at radius 1 is 1.33 bits per heavy atom. The van der Waals surface area contributed by atoms with Gasteiger partial charge in [0.05, 0.1) is 25.8 Å². The Kier molecular flexibility index (Phi) is 5.49. The number of amides is 2. The van der Waals surface area contributed by atoms with Gasteiger partial charge in [0.15, 0.2) is 0 Å². The maximum absolute atomic E-state index is 13.1. The molecule has 0 unspecified atom stereocenters. The summed E-state index contributed by atoms with van der Waals surface area (Å²) in [6.07, 6.45) is 0.463. The molecule has 0 saturated heterocycles. The van der Waals surface area contributed by atoms with E-state index in [1.807, 2.05) is 0 Å². The summed E-state index contributed by atoms with van der Waals surface area (Å²) in [5, 5.41) is 2.65. The van der Waals surface area contributed by atoms with E-state index in [2.05, 4.69) is 20.0 Å². The van der Waals surface area contributed by atoms with Crippen molar-refractivity contribution >= 4 is 12.0 Å². The van der Waals surface area contributed by atoms with Crippen LogP contribution in [0.4, 0.5) is 9.18 Å². The van der Waals surface area contributed by atoms with Crippen LogP contribution in [-0.4, -0.2) is 47.1 Å². The highest BCUT2D eigenvalue weighted by Gasteiger charge is 2.24. The summed E-state index contributed by atoms with van der Waals surface area (Å²) >= 11 is 0. The van der Waals surface area contributed by atoms with Crippen molar-refractivity contribution < 1.29 is 18.7 Å².